The van der Waals surface area contributed by atoms with Gasteiger partial charge >= 0.3 is 6.09 Å². The van der Waals surface area contributed by atoms with Gasteiger partial charge in [0.2, 0.25) is 0 Å². The van der Waals surface area contributed by atoms with Crippen molar-refractivity contribution in [2.45, 2.75) is 72.6 Å². The normalized spacial score (nSPS) is 19.0. The number of hydrogen-bond donors (Lipinski definition) is 1. The largest absolute Gasteiger partial charge is 0.444 e. The number of carbonyl (C=O) groups is 2. The highest BCUT2D eigenvalue weighted by atomic mass is 16.6. The number of aryl methyl sites for hydroxylation is 2. The maximum absolute atomic E-state index is 13.3. The number of aromatic nitrogens is 2. The fourth-order valence-corrected chi connectivity index (χ4v) is 4.24. The van der Waals surface area contributed by atoms with E-state index in [9.17, 15) is 9.59 Å². The number of benzene rings is 1. The van der Waals surface area contributed by atoms with Crippen molar-refractivity contribution in [2.75, 3.05) is 13.1 Å². The molecule has 0 spiro atoms. The molecule has 7 nitrogen and oxygen atoms in total. The number of amides is 2. The van der Waals surface area contributed by atoms with Crippen LogP contribution in [0.5, 0.6) is 0 Å². The highest BCUT2D eigenvalue weighted by Gasteiger charge is 2.33. The molecule has 2 aromatic rings. The zero-order chi connectivity index (χ0) is 23.5. The topological polar surface area (TPSA) is 76.5 Å². The number of nitrogens with one attached hydrogen (secondary N) is 1. The summed E-state index contributed by atoms with van der Waals surface area (Å²) in [6, 6.07) is 9.76. The minimum atomic E-state index is -0.549. The van der Waals surface area contributed by atoms with Crippen molar-refractivity contribution in [3.63, 3.8) is 0 Å². The molecule has 174 valence electrons. The Hall–Kier alpha value is -2.83. The van der Waals surface area contributed by atoms with E-state index in [4.69, 9.17) is 4.74 Å². The second kappa shape index (κ2) is 9.76. The van der Waals surface area contributed by atoms with E-state index in [2.05, 4.69) is 23.4 Å². The van der Waals surface area contributed by atoms with Crippen LogP contribution in [-0.4, -0.2) is 51.4 Å². The minimum Gasteiger partial charge on any atom is -0.444 e. The summed E-state index contributed by atoms with van der Waals surface area (Å²) in [5.74, 6) is 0.304. The maximum atomic E-state index is 13.3. The van der Waals surface area contributed by atoms with Crippen molar-refractivity contribution in [2.24, 2.45) is 5.92 Å². The summed E-state index contributed by atoms with van der Waals surface area (Å²) in [4.78, 5) is 27.3. The van der Waals surface area contributed by atoms with Crippen LogP contribution in [0.2, 0.25) is 0 Å². The number of likely N-dealkylation sites (tertiary alicyclic amines) is 1. The number of nitrogens with zero attached hydrogens (tertiary/aromatic N) is 3. The smallest absolute Gasteiger partial charge is 0.407 e. The zero-order valence-corrected chi connectivity index (χ0v) is 20.1. The summed E-state index contributed by atoms with van der Waals surface area (Å²) in [7, 11) is 0. The van der Waals surface area contributed by atoms with E-state index >= 15 is 0 Å². The summed E-state index contributed by atoms with van der Waals surface area (Å²) < 4.78 is 7.32. The highest BCUT2D eigenvalue weighted by molar-refractivity contribution is 5.94. The van der Waals surface area contributed by atoms with E-state index in [0.717, 1.165) is 29.8 Å². The summed E-state index contributed by atoms with van der Waals surface area (Å²) in [5, 5.41) is 7.36. The Labute approximate surface area is 191 Å². The average Bonchev–Trinajstić information content (AvgIpc) is 3.02. The van der Waals surface area contributed by atoms with E-state index in [0.29, 0.717) is 31.1 Å². The molecule has 1 aromatic carbocycles. The molecule has 1 N–H and O–H groups in total. The Balaban J connectivity index is 1.67. The lowest BCUT2D eigenvalue weighted by Gasteiger charge is -2.40. The van der Waals surface area contributed by atoms with Crippen molar-refractivity contribution >= 4 is 12.0 Å². The van der Waals surface area contributed by atoms with Gasteiger partial charge in [0.25, 0.3) is 5.91 Å². The molecule has 1 aliphatic rings. The van der Waals surface area contributed by atoms with Crippen LogP contribution in [0.15, 0.2) is 30.3 Å². The van der Waals surface area contributed by atoms with Crippen LogP contribution < -0.4 is 5.32 Å². The Morgan fingerprint density at radius 2 is 1.88 bits per heavy atom. The van der Waals surface area contributed by atoms with Gasteiger partial charge in [-0.2, -0.15) is 5.10 Å². The van der Waals surface area contributed by atoms with Crippen LogP contribution in [0, 0.1) is 19.8 Å². The SMILES string of the molecule is Cc1cc(C)n(Cc2ccc(C(=O)N3CCC[C@@H](C)[C@H]3CNC(=O)OC(C)(C)C)cc2)n1. The van der Waals surface area contributed by atoms with Gasteiger partial charge in [-0.1, -0.05) is 19.1 Å². The molecule has 0 saturated carbocycles. The van der Waals surface area contributed by atoms with Crippen LogP contribution in [0.3, 0.4) is 0 Å². The number of rotatable bonds is 5. The fraction of sp³-hybridized carbons (Fsp3) is 0.560. The Bertz CT molecular complexity index is 943. The van der Waals surface area contributed by atoms with Crippen molar-refractivity contribution in [3.8, 4) is 0 Å². The number of alkyl carbamates (subject to hydrolysis) is 1. The monoisotopic (exact) mass is 440 g/mol. The molecule has 3 rings (SSSR count). The van der Waals surface area contributed by atoms with E-state index in [1.807, 2.05) is 68.5 Å². The lowest BCUT2D eigenvalue weighted by molar-refractivity contribution is 0.0408. The van der Waals surface area contributed by atoms with Crippen LogP contribution in [0.25, 0.3) is 0 Å². The number of carbonyl (C=O) groups excluding carboxylic acids is 2. The molecule has 1 aromatic heterocycles. The van der Waals surface area contributed by atoms with Gasteiger partial charge in [-0.15, -0.1) is 0 Å². The third-order valence-electron chi connectivity index (χ3n) is 5.87. The van der Waals surface area contributed by atoms with Gasteiger partial charge in [-0.25, -0.2) is 4.79 Å². The number of piperidine rings is 1. The van der Waals surface area contributed by atoms with Gasteiger partial charge in [-0.3, -0.25) is 9.48 Å². The lowest BCUT2D eigenvalue weighted by atomic mass is 9.90. The van der Waals surface area contributed by atoms with Crippen LogP contribution >= 0.6 is 0 Å². The molecule has 0 unspecified atom stereocenters. The second-order valence-electron chi connectivity index (χ2n) is 9.85. The van der Waals surface area contributed by atoms with Crippen molar-refractivity contribution in [1.82, 2.24) is 20.0 Å². The molecule has 1 aliphatic heterocycles. The van der Waals surface area contributed by atoms with Crippen molar-refractivity contribution in [1.29, 1.82) is 0 Å². The van der Waals surface area contributed by atoms with Crippen LogP contribution in [0.4, 0.5) is 4.79 Å². The first-order chi connectivity index (χ1) is 15.0. The van der Waals surface area contributed by atoms with Crippen molar-refractivity contribution < 1.29 is 14.3 Å². The Morgan fingerprint density at radius 1 is 1.19 bits per heavy atom. The van der Waals surface area contributed by atoms with Gasteiger partial charge in [0.15, 0.2) is 0 Å². The van der Waals surface area contributed by atoms with E-state index in [-0.39, 0.29) is 11.9 Å². The van der Waals surface area contributed by atoms with E-state index in [1.165, 1.54) is 0 Å². The third-order valence-corrected chi connectivity index (χ3v) is 5.87. The molecular formula is C25H36N4O3. The highest BCUT2D eigenvalue weighted by Crippen LogP contribution is 2.25. The zero-order valence-electron chi connectivity index (χ0n) is 20.1. The molecule has 0 bridgehead atoms. The number of ether oxygens (including phenoxy) is 1. The van der Waals surface area contributed by atoms with Gasteiger partial charge in [0.1, 0.15) is 5.60 Å². The molecular weight excluding hydrogens is 404 g/mol. The molecule has 0 radical (unpaired) electrons. The first kappa shape index (κ1) is 23.8. The third kappa shape index (κ3) is 6.11. The molecule has 32 heavy (non-hydrogen) atoms. The predicted molar refractivity (Wildman–Crippen MR) is 125 cm³/mol. The first-order valence-electron chi connectivity index (χ1n) is 11.4. The number of hydrogen-bond acceptors (Lipinski definition) is 4. The molecule has 1 fully saturated rings. The molecule has 0 aliphatic carbocycles. The van der Waals surface area contributed by atoms with Crippen molar-refractivity contribution in [3.05, 3.63) is 52.8 Å². The fourth-order valence-electron chi connectivity index (χ4n) is 4.24. The van der Waals surface area contributed by atoms with Crippen LogP contribution in [-0.2, 0) is 11.3 Å². The maximum Gasteiger partial charge on any atom is 0.407 e. The minimum absolute atomic E-state index is 0.00482. The molecule has 1 saturated heterocycles. The first-order valence-corrected chi connectivity index (χ1v) is 11.4. The summed E-state index contributed by atoms with van der Waals surface area (Å²) in [6.45, 7) is 13.4. The van der Waals surface area contributed by atoms with Gasteiger partial charge in [-0.05, 0) is 77.1 Å². The quantitative estimate of drug-likeness (QED) is 0.751. The standard InChI is InChI=1S/C25H36N4O3/c1-17-8-7-13-28(22(17)15-26-24(31)32-25(4,5)6)23(30)21-11-9-20(10-12-21)16-29-19(3)14-18(2)27-29/h9-12,14,17,22H,7-8,13,15-16H2,1-6H3,(H,26,31)/t17-,22-/m1/s1. The lowest BCUT2D eigenvalue weighted by Crippen LogP contribution is -2.53. The Kier molecular flexibility index (Phi) is 7.26. The van der Waals surface area contributed by atoms with Gasteiger partial charge < -0.3 is 15.0 Å². The summed E-state index contributed by atoms with van der Waals surface area (Å²) in [5.41, 5.74) is 3.33. The molecule has 2 atom stereocenters. The van der Waals surface area contributed by atoms with Gasteiger partial charge in [0, 0.05) is 24.3 Å². The summed E-state index contributed by atoms with van der Waals surface area (Å²) in [6.07, 6.45) is 1.55. The summed E-state index contributed by atoms with van der Waals surface area (Å²) >= 11 is 0. The molecule has 7 heteroatoms. The predicted octanol–water partition coefficient (Wildman–Crippen LogP) is 4.31. The van der Waals surface area contributed by atoms with E-state index in [1.54, 1.807) is 0 Å². The average molecular weight is 441 g/mol. The Morgan fingerprint density at radius 3 is 2.47 bits per heavy atom. The van der Waals surface area contributed by atoms with Crippen LogP contribution in [0.1, 0.15) is 67.8 Å². The molecule has 2 amide bonds. The molecule has 2 heterocycles. The van der Waals surface area contributed by atoms with E-state index < -0.39 is 11.7 Å². The van der Waals surface area contributed by atoms with Gasteiger partial charge in [0.05, 0.1) is 18.3 Å². The second-order valence-corrected chi connectivity index (χ2v) is 9.85.